The molecule has 26 heavy (non-hydrogen) atoms. The first kappa shape index (κ1) is 16.4. The Hall–Kier alpha value is -3.08. The monoisotopic (exact) mass is 347 g/mol. The fourth-order valence-corrected chi connectivity index (χ4v) is 3.37. The molecule has 132 valence electrons. The largest absolute Gasteiger partial charge is 0.481 e. The smallest absolute Gasteiger partial charge is 0.321 e. The van der Waals surface area contributed by atoms with Crippen molar-refractivity contribution in [1.29, 1.82) is 0 Å². The third-order valence-electron chi connectivity index (χ3n) is 4.83. The number of pyridine rings is 1. The van der Waals surface area contributed by atoms with Gasteiger partial charge in [-0.1, -0.05) is 24.3 Å². The van der Waals surface area contributed by atoms with Crippen LogP contribution in [0.5, 0.6) is 5.88 Å². The summed E-state index contributed by atoms with van der Waals surface area (Å²) in [7, 11) is 1.60. The highest BCUT2D eigenvalue weighted by molar-refractivity contribution is 5.92. The Kier molecular flexibility index (Phi) is 4.44. The van der Waals surface area contributed by atoms with Gasteiger partial charge in [0.05, 0.1) is 12.6 Å². The predicted octanol–water partition coefficient (Wildman–Crippen LogP) is 3.88. The first-order chi connectivity index (χ1) is 12.7. The van der Waals surface area contributed by atoms with Crippen LogP contribution in [-0.4, -0.2) is 36.1 Å². The number of rotatable bonds is 2. The van der Waals surface area contributed by atoms with Crippen molar-refractivity contribution in [2.45, 2.75) is 12.8 Å². The summed E-state index contributed by atoms with van der Waals surface area (Å²) in [4.78, 5) is 19.0. The van der Waals surface area contributed by atoms with Gasteiger partial charge in [0, 0.05) is 30.2 Å². The maximum absolute atomic E-state index is 12.7. The van der Waals surface area contributed by atoms with E-state index in [0.717, 1.165) is 42.5 Å². The minimum atomic E-state index is -0.0568. The van der Waals surface area contributed by atoms with Gasteiger partial charge >= 0.3 is 6.03 Å². The molecule has 2 aromatic carbocycles. The summed E-state index contributed by atoms with van der Waals surface area (Å²) in [5.41, 5.74) is 4.30. The van der Waals surface area contributed by atoms with Crippen LogP contribution in [-0.2, 0) is 12.8 Å². The Morgan fingerprint density at radius 3 is 2.46 bits per heavy atom. The third kappa shape index (κ3) is 3.33. The van der Waals surface area contributed by atoms with Crippen LogP contribution in [0.1, 0.15) is 11.1 Å². The van der Waals surface area contributed by atoms with Crippen LogP contribution < -0.4 is 10.1 Å². The van der Waals surface area contributed by atoms with Gasteiger partial charge in [0.15, 0.2) is 0 Å². The van der Waals surface area contributed by atoms with Gasteiger partial charge < -0.3 is 15.0 Å². The van der Waals surface area contributed by atoms with Crippen molar-refractivity contribution in [3.63, 3.8) is 0 Å². The number of methoxy groups -OCH3 is 1. The van der Waals surface area contributed by atoms with Crippen LogP contribution in [0.2, 0.25) is 0 Å². The number of ether oxygens (including phenoxy) is 1. The van der Waals surface area contributed by atoms with Gasteiger partial charge in [0.1, 0.15) is 0 Å². The van der Waals surface area contributed by atoms with Crippen molar-refractivity contribution in [1.82, 2.24) is 9.88 Å². The van der Waals surface area contributed by atoms with Crippen LogP contribution in [0.4, 0.5) is 10.5 Å². The quantitative estimate of drug-likeness (QED) is 0.765. The standard InChI is InChI=1S/C21H21N3O2/c1-26-20-9-6-17-14-18(7-8-19(17)23-20)22-21(25)24-12-10-15-4-2-3-5-16(15)11-13-24/h2-9,14H,10-13H2,1H3,(H,22,25). The maximum atomic E-state index is 12.7. The first-order valence-electron chi connectivity index (χ1n) is 8.80. The number of hydrogen-bond donors (Lipinski definition) is 1. The number of nitrogens with zero attached hydrogens (tertiary/aromatic N) is 2. The number of anilines is 1. The molecule has 5 nitrogen and oxygen atoms in total. The summed E-state index contributed by atoms with van der Waals surface area (Å²) in [5.74, 6) is 0.582. The minimum absolute atomic E-state index is 0.0568. The molecule has 1 aliphatic heterocycles. The number of carbonyl (C=O) groups is 1. The number of hydrogen-bond acceptors (Lipinski definition) is 3. The van der Waals surface area contributed by atoms with Gasteiger partial charge in [-0.05, 0) is 48.2 Å². The van der Waals surface area contributed by atoms with Crippen LogP contribution in [0, 0.1) is 0 Å². The lowest BCUT2D eigenvalue weighted by Gasteiger charge is -2.21. The van der Waals surface area contributed by atoms with E-state index in [0.29, 0.717) is 5.88 Å². The van der Waals surface area contributed by atoms with Gasteiger partial charge in [-0.3, -0.25) is 0 Å². The summed E-state index contributed by atoms with van der Waals surface area (Å²) < 4.78 is 5.15. The highest BCUT2D eigenvalue weighted by atomic mass is 16.5. The molecule has 0 unspecified atom stereocenters. The highest BCUT2D eigenvalue weighted by Crippen LogP contribution is 2.21. The number of aromatic nitrogens is 1. The number of carbonyl (C=O) groups excluding carboxylic acids is 1. The normalized spacial score (nSPS) is 13.8. The van der Waals surface area contributed by atoms with Gasteiger partial charge in [-0.25, -0.2) is 9.78 Å². The predicted molar refractivity (Wildman–Crippen MR) is 103 cm³/mol. The zero-order valence-electron chi connectivity index (χ0n) is 14.7. The molecule has 0 spiro atoms. The zero-order valence-corrected chi connectivity index (χ0v) is 14.7. The number of nitrogens with one attached hydrogen (secondary N) is 1. The van der Waals surface area contributed by atoms with E-state index in [1.54, 1.807) is 7.11 Å². The van der Waals surface area contributed by atoms with E-state index in [4.69, 9.17) is 4.74 Å². The molecular formula is C21H21N3O2. The van der Waals surface area contributed by atoms with Crippen LogP contribution in [0.15, 0.2) is 54.6 Å². The number of urea groups is 1. The topological polar surface area (TPSA) is 54.5 Å². The molecule has 1 N–H and O–H groups in total. The van der Waals surface area contributed by atoms with E-state index in [9.17, 15) is 4.79 Å². The lowest BCUT2D eigenvalue weighted by molar-refractivity contribution is 0.214. The molecule has 1 aromatic heterocycles. The average molecular weight is 347 g/mol. The Labute approximate surface area is 152 Å². The van der Waals surface area contributed by atoms with Crippen LogP contribution in [0.3, 0.4) is 0 Å². The summed E-state index contributed by atoms with van der Waals surface area (Å²) in [6.45, 7) is 1.46. The summed E-state index contributed by atoms with van der Waals surface area (Å²) >= 11 is 0. The van der Waals surface area contributed by atoms with Gasteiger partial charge in [-0.15, -0.1) is 0 Å². The molecule has 3 aromatic rings. The maximum Gasteiger partial charge on any atom is 0.321 e. The molecule has 0 saturated carbocycles. The molecule has 2 amide bonds. The first-order valence-corrected chi connectivity index (χ1v) is 8.80. The van der Waals surface area contributed by atoms with Crippen LogP contribution in [0.25, 0.3) is 10.9 Å². The molecule has 1 aliphatic rings. The van der Waals surface area contributed by atoms with E-state index in [2.05, 4.69) is 34.6 Å². The fourth-order valence-electron chi connectivity index (χ4n) is 3.37. The minimum Gasteiger partial charge on any atom is -0.481 e. The van der Waals surface area contributed by atoms with Crippen molar-refractivity contribution >= 4 is 22.6 Å². The second-order valence-electron chi connectivity index (χ2n) is 6.45. The molecule has 2 heterocycles. The van der Waals surface area contributed by atoms with E-state index in [1.165, 1.54) is 11.1 Å². The lowest BCUT2D eigenvalue weighted by atomic mass is 10.0. The molecule has 0 saturated heterocycles. The van der Waals surface area contributed by atoms with Crippen molar-refractivity contribution in [3.8, 4) is 5.88 Å². The van der Waals surface area contributed by atoms with Gasteiger partial charge in [0.2, 0.25) is 5.88 Å². The Morgan fingerprint density at radius 1 is 1.04 bits per heavy atom. The molecule has 4 rings (SSSR count). The fraction of sp³-hybridized carbons (Fsp3) is 0.238. The molecular weight excluding hydrogens is 326 g/mol. The summed E-state index contributed by atoms with van der Waals surface area (Å²) in [5, 5.41) is 3.98. The molecule has 0 fully saturated rings. The summed E-state index contributed by atoms with van der Waals surface area (Å²) in [6, 6.07) is 17.8. The molecule has 0 atom stereocenters. The van der Waals surface area contributed by atoms with Crippen molar-refractivity contribution < 1.29 is 9.53 Å². The summed E-state index contributed by atoms with van der Waals surface area (Å²) in [6.07, 6.45) is 1.79. The van der Waals surface area contributed by atoms with Gasteiger partial charge in [-0.2, -0.15) is 0 Å². The zero-order chi connectivity index (χ0) is 17.9. The SMILES string of the molecule is COc1ccc2cc(NC(=O)N3CCc4ccccc4CC3)ccc2n1. The highest BCUT2D eigenvalue weighted by Gasteiger charge is 2.18. The van der Waals surface area contributed by atoms with E-state index < -0.39 is 0 Å². The molecule has 5 heteroatoms. The lowest BCUT2D eigenvalue weighted by Crippen LogP contribution is -2.36. The second kappa shape index (κ2) is 7.04. The molecule has 0 aliphatic carbocycles. The Morgan fingerprint density at radius 2 is 1.77 bits per heavy atom. The Bertz CT molecular complexity index is 928. The van der Waals surface area contributed by atoms with E-state index >= 15 is 0 Å². The molecule has 0 radical (unpaired) electrons. The average Bonchev–Trinajstić information content (AvgIpc) is 2.90. The number of benzene rings is 2. The van der Waals surface area contributed by atoms with Gasteiger partial charge in [0.25, 0.3) is 0 Å². The van der Waals surface area contributed by atoms with Crippen molar-refractivity contribution in [2.24, 2.45) is 0 Å². The second-order valence-corrected chi connectivity index (χ2v) is 6.45. The van der Waals surface area contributed by atoms with Crippen LogP contribution >= 0.6 is 0 Å². The number of amides is 2. The molecule has 0 bridgehead atoms. The van der Waals surface area contributed by atoms with E-state index in [-0.39, 0.29) is 6.03 Å². The van der Waals surface area contributed by atoms with Crippen molar-refractivity contribution in [3.05, 3.63) is 65.7 Å². The third-order valence-corrected chi connectivity index (χ3v) is 4.83. The number of fused-ring (bicyclic) bond motifs is 2. The van der Waals surface area contributed by atoms with E-state index in [1.807, 2.05) is 35.2 Å². The Balaban J connectivity index is 1.47. The van der Waals surface area contributed by atoms with Crippen molar-refractivity contribution in [2.75, 3.05) is 25.5 Å².